The molecule has 0 bridgehead atoms. The van der Waals surface area contributed by atoms with Crippen LogP contribution in [0.2, 0.25) is 0 Å². The van der Waals surface area contributed by atoms with Gasteiger partial charge in [0.25, 0.3) is 0 Å². The molecule has 0 aliphatic heterocycles. The number of anilines is 2. The van der Waals surface area contributed by atoms with E-state index in [4.69, 9.17) is 4.74 Å². The van der Waals surface area contributed by atoms with Crippen LogP contribution < -0.4 is 15.5 Å². The van der Waals surface area contributed by atoms with Gasteiger partial charge in [0.05, 0.1) is 27.5 Å². The average Bonchev–Trinajstić information content (AvgIpc) is 3.30. The molecule has 0 spiro atoms. The Morgan fingerprint density at radius 1 is 1.11 bits per heavy atom. The predicted molar refractivity (Wildman–Crippen MR) is 146 cm³/mol. The summed E-state index contributed by atoms with van der Waals surface area (Å²) < 4.78 is 58.9. The Morgan fingerprint density at radius 2 is 1.92 bits per heavy atom. The molecule has 1 heterocycles. The minimum Gasteiger partial charge on any atom is -0.488 e. The summed E-state index contributed by atoms with van der Waals surface area (Å²) in [4.78, 5) is 16.5. The zero-order chi connectivity index (χ0) is 27.1. The Labute approximate surface area is 232 Å². The molecule has 4 aromatic rings. The molecule has 0 aliphatic rings. The molecule has 0 atom stereocenters. The highest BCUT2D eigenvalue weighted by Crippen LogP contribution is 2.32. The molecule has 1 amide bonds. The van der Waals surface area contributed by atoms with Crippen LogP contribution in [0, 0.1) is 9.39 Å². The molecule has 196 valence electrons. The molecule has 38 heavy (non-hydrogen) atoms. The minimum absolute atomic E-state index is 0.0571. The third kappa shape index (κ3) is 7.74. The summed E-state index contributed by atoms with van der Waals surface area (Å²) in [5.41, 5.74) is 3.52. The van der Waals surface area contributed by atoms with Gasteiger partial charge in [-0.15, -0.1) is 11.3 Å². The van der Waals surface area contributed by atoms with Crippen molar-refractivity contribution in [2.45, 2.75) is 19.2 Å². The summed E-state index contributed by atoms with van der Waals surface area (Å²) in [7, 11) is 0. The van der Waals surface area contributed by atoms with Crippen LogP contribution >= 0.6 is 33.9 Å². The highest BCUT2D eigenvalue weighted by molar-refractivity contribution is 14.1. The first-order chi connectivity index (χ1) is 18.2. The molecular formula is C26H19F4IN4O2S. The maximum absolute atomic E-state index is 13.8. The maximum atomic E-state index is 13.8. The lowest BCUT2D eigenvalue weighted by atomic mass is 10.2. The number of benzene rings is 3. The van der Waals surface area contributed by atoms with Crippen LogP contribution in [-0.4, -0.2) is 17.1 Å². The highest BCUT2D eigenvalue weighted by atomic mass is 127. The first-order valence-corrected chi connectivity index (χ1v) is 13.0. The SMILES string of the molecule is O=C(Cc1csc(Nc2cccc(C(F)(F)F)c2)n1)N/N=C\c1ccc(OCc2ccccc2F)c(I)c1. The summed E-state index contributed by atoms with van der Waals surface area (Å²) in [6.45, 7) is 0.0972. The number of aromatic nitrogens is 1. The van der Waals surface area contributed by atoms with E-state index in [2.05, 4.69) is 43.4 Å². The van der Waals surface area contributed by atoms with Gasteiger partial charge in [0.2, 0.25) is 5.91 Å². The number of nitrogens with one attached hydrogen (secondary N) is 2. The number of alkyl halides is 3. The standard InChI is InChI=1S/C26H19F4IN4O2S/c27-21-7-2-1-4-17(21)14-37-23-9-8-16(10-22(23)31)13-32-35-24(36)12-20-15-38-25(34-20)33-19-6-3-5-18(11-19)26(28,29)30/h1-11,13,15H,12,14H2,(H,33,34)(H,35,36)/b32-13-. The summed E-state index contributed by atoms with van der Waals surface area (Å²) in [5.74, 6) is -0.146. The van der Waals surface area contributed by atoms with Crippen LogP contribution in [0.4, 0.5) is 28.4 Å². The molecule has 0 saturated carbocycles. The fourth-order valence-corrected chi connectivity index (χ4v) is 4.64. The topological polar surface area (TPSA) is 75.6 Å². The van der Waals surface area contributed by atoms with E-state index >= 15 is 0 Å². The monoisotopic (exact) mass is 654 g/mol. The van der Waals surface area contributed by atoms with E-state index in [-0.39, 0.29) is 24.5 Å². The molecule has 0 unspecified atom stereocenters. The van der Waals surface area contributed by atoms with Crippen molar-refractivity contribution in [3.63, 3.8) is 0 Å². The van der Waals surface area contributed by atoms with Gasteiger partial charge in [-0.2, -0.15) is 18.3 Å². The molecule has 0 aliphatic carbocycles. The number of hydrogen-bond donors (Lipinski definition) is 2. The Hall–Kier alpha value is -3.52. The molecule has 4 rings (SSSR count). The van der Waals surface area contributed by atoms with Gasteiger partial charge in [-0.05, 0) is 70.6 Å². The number of thiazole rings is 1. The molecule has 1 aromatic heterocycles. The summed E-state index contributed by atoms with van der Waals surface area (Å²) >= 11 is 3.27. The number of ether oxygens (including phenoxy) is 1. The lowest BCUT2D eigenvalue weighted by Crippen LogP contribution is -2.19. The molecule has 6 nitrogen and oxygen atoms in total. The van der Waals surface area contributed by atoms with Gasteiger partial charge in [0, 0.05) is 16.6 Å². The van der Waals surface area contributed by atoms with Crippen molar-refractivity contribution in [3.8, 4) is 5.75 Å². The fraction of sp³-hybridized carbons (Fsp3) is 0.115. The van der Waals surface area contributed by atoms with Crippen molar-refractivity contribution >= 4 is 56.9 Å². The van der Waals surface area contributed by atoms with E-state index in [1.54, 1.807) is 41.8 Å². The van der Waals surface area contributed by atoms with Gasteiger partial charge in [-0.1, -0.05) is 24.3 Å². The van der Waals surface area contributed by atoms with Crippen LogP contribution in [0.1, 0.15) is 22.4 Å². The third-order valence-electron chi connectivity index (χ3n) is 5.03. The zero-order valence-electron chi connectivity index (χ0n) is 19.4. The number of carbonyl (C=O) groups is 1. The molecule has 0 radical (unpaired) electrons. The zero-order valence-corrected chi connectivity index (χ0v) is 22.4. The van der Waals surface area contributed by atoms with Crippen LogP contribution in [0.15, 0.2) is 77.2 Å². The second-order valence-corrected chi connectivity index (χ2v) is 9.91. The van der Waals surface area contributed by atoms with Crippen molar-refractivity contribution < 1.29 is 27.1 Å². The Morgan fingerprint density at radius 3 is 2.68 bits per heavy atom. The first-order valence-electron chi connectivity index (χ1n) is 11.0. The summed E-state index contributed by atoms with van der Waals surface area (Å²) in [6.07, 6.45) is -3.03. The number of halogens is 5. The molecule has 2 N–H and O–H groups in total. The Balaban J connectivity index is 1.27. The van der Waals surface area contributed by atoms with Gasteiger partial charge >= 0.3 is 6.18 Å². The average molecular weight is 654 g/mol. The van der Waals surface area contributed by atoms with E-state index in [0.717, 1.165) is 15.7 Å². The van der Waals surface area contributed by atoms with Crippen LogP contribution in [0.5, 0.6) is 5.75 Å². The van der Waals surface area contributed by atoms with Gasteiger partial charge in [0.1, 0.15) is 18.2 Å². The molecule has 12 heteroatoms. The number of rotatable bonds is 9. The van der Waals surface area contributed by atoms with Crippen LogP contribution in [0.3, 0.4) is 0 Å². The highest BCUT2D eigenvalue weighted by Gasteiger charge is 2.30. The predicted octanol–water partition coefficient (Wildman–Crippen LogP) is 6.92. The number of hydrogen-bond acceptors (Lipinski definition) is 6. The summed E-state index contributed by atoms with van der Waals surface area (Å²) in [5, 5.41) is 8.78. The number of carbonyl (C=O) groups excluding carboxylic acids is 1. The maximum Gasteiger partial charge on any atom is 0.416 e. The van der Waals surface area contributed by atoms with Gasteiger partial charge < -0.3 is 10.1 Å². The van der Waals surface area contributed by atoms with Crippen molar-refractivity contribution in [3.05, 3.63) is 104 Å². The number of nitrogens with zero attached hydrogens (tertiary/aromatic N) is 2. The minimum atomic E-state index is -4.44. The quantitative estimate of drug-likeness (QED) is 0.0890. The van der Waals surface area contributed by atoms with Gasteiger partial charge in [0.15, 0.2) is 5.13 Å². The van der Waals surface area contributed by atoms with Gasteiger partial charge in [-0.25, -0.2) is 14.8 Å². The second-order valence-electron chi connectivity index (χ2n) is 7.89. The molecular weight excluding hydrogens is 635 g/mol. The lowest BCUT2D eigenvalue weighted by Gasteiger charge is -2.09. The molecule has 0 saturated heterocycles. The smallest absolute Gasteiger partial charge is 0.416 e. The first kappa shape index (κ1) is 27.5. The van der Waals surface area contributed by atoms with E-state index in [1.807, 2.05) is 0 Å². The van der Waals surface area contributed by atoms with Gasteiger partial charge in [-0.3, -0.25) is 4.79 Å². The Kier molecular flexibility index (Phi) is 8.94. The van der Waals surface area contributed by atoms with E-state index in [0.29, 0.717) is 27.7 Å². The van der Waals surface area contributed by atoms with Crippen molar-refractivity contribution in [1.82, 2.24) is 10.4 Å². The summed E-state index contributed by atoms with van der Waals surface area (Å²) in [6, 6.07) is 16.5. The second kappa shape index (κ2) is 12.3. The third-order valence-corrected chi connectivity index (χ3v) is 6.68. The molecule has 0 fully saturated rings. The van der Waals surface area contributed by atoms with E-state index in [1.165, 1.54) is 35.8 Å². The van der Waals surface area contributed by atoms with E-state index in [9.17, 15) is 22.4 Å². The normalized spacial score (nSPS) is 11.5. The lowest BCUT2D eigenvalue weighted by molar-refractivity contribution is -0.137. The van der Waals surface area contributed by atoms with Crippen molar-refractivity contribution in [2.24, 2.45) is 5.10 Å². The van der Waals surface area contributed by atoms with Crippen molar-refractivity contribution in [1.29, 1.82) is 0 Å². The number of amides is 1. The fourth-order valence-electron chi connectivity index (χ4n) is 3.21. The van der Waals surface area contributed by atoms with E-state index < -0.39 is 17.6 Å². The number of hydrazone groups is 1. The molecule has 3 aromatic carbocycles. The Bertz CT molecular complexity index is 1460. The van der Waals surface area contributed by atoms with Crippen LogP contribution in [-0.2, 0) is 24.0 Å². The van der Waals surface area contributed by atoms with Crippen molar-refractivity contribution in [2.75, 3.05) is 5.32 Å². The largest absolute Gasteiger partial charge is 0.488 e. The van der Waals surface area contributed by atoms with Crippen LogP contribution in [0.25, 0.3) is 0 Å².